The molecule has 112 valence electrons. The van der Waals surface area contributed by atoms with E-state index in [1.807, 2.05) is 0 Å². The SMILES string of the molecule is CC(C)CC1CCCC(N2CCC(C(C)N)CC2)C1. The first-order chi connectivity index (χ1) is 9.06. The third-order valence-electron chi connectivity index (χ3n) is 5.39. The largest absolute Gasteiger partial charge is 0.328 e. The maximum absolute atomic E-state index is 6.05. The maximum atomic E-state index is 6.05. The lowest BCUT2D eigenvalue weighted by atomic mass is 9.79. The summed E-state index contributed by atoms with van der Waals surface area (Å²) >= 11 is 0. The Labute approximate surface area is 120 Å². The van der Waals surface area contributed by atoms with E-state index in [2.05, 4.69) is 25.7 Å². The number of hydrogen-bond donors (Lipinski definition) is 1. The molecule has 0 aromatic carbocycles. The van der Waals surface area contributed by atoms with Gasteiger partial charge in [-0.15, -0.1) is 0 Å². The van der Waals surface area contributed by atoms with Crippen molar-refractivity contribution in [1.82, 2.24) is 4.90 Å². The fourth-order valence-corrected chi connectivity index (χ4v) is 4.29. The van der Waals surface area contributed by atoms with Crippen LogP contribution < -0.4 is 5.73 Å². The maximum Gasteiger partial charge on any atom is 0.00979 e. The van der Waals surface area contributed by atoms with Gasteiger partial charge in [0.25, 0.3) is 0 Å². The van der Waals surface area contributed by atoms with Crippen LogP contribution in [0.3, 0.4) is 0 Å². The zero-order valence-electron chi connectivity index (χ0n) is 13.3. The molecule has 2 fully saturated rings. The second-order valence-electron chi connectivity index (χ2n) is 7.55. The highest BCUT2D eigenvalue weighted by Crippen LogP contribution is 2.33. The van der Waals surface area contributed by atoms with Crippen LogP contribution in [-0.4, -0.2) is 30.1 Å². The molecule has 0 amide bonds. The van der Waals surface area contributed by atoms with E-state index < -0.39 is 0 Å². The molecule has 19 heavy (non-hydrogen) atoms. The normalized spacial score (nSPS) is 32.7. The summed E-state index contributed by atoms with van der Waals surface area (Å²) in [6.07, 6.45) is 9.91. The zero-order valence-corrected chi connectivity index (χ0v) is 13.3. The van der Waals surface area contributed by atoms with Gasteiger partial charge in [0, 0.05) is 12.1 Å². The fraction of sp³-hybridized carbons (Fsp3) is 1.00. The number of nitrogens with two attached hydrogens (primary N) is 1. The molecule has 1 saturated heterocycles. The van der Waals surface area contributed by atoms with Gasteiger partial charge in [0.2, 0.25) is 0 Å². The number of hydrogen-bond acceptors (Lipinski definition) is 2. The Hall–Kier alpha value is -0.0800. The molecule has 0 aromatic heterocycles. The fourth-order valence-electron chi connectivity index (χ4n) is 4.29. The van der Waals surface area contributed by atoms with Crippen LogP contribution in [0.25, 0.3) is 0 Å². The quantitative estimate of drug-likeness (QED) is 0.841. The molecular formula is C17H34N2. The lowest BCUT2D eigenvalue weighted by molar-refractivity contribution is 0.0808. The average molecular weight is 266 g/mol. The Balaban J connectivity index is 1.79. The summed E-state index contributed by atoms with van der Waals surface area (Å²) in [4.78, 5) is 2.78. The minimum absolute atomic E-state index is 0.391. The molecule has 1 saturated carbocycles. The van der Waals surface area contributed by atoms with Crippen LogP contribution >= 0.6 is 0 Å². The second-order valence-corrected chi connectivity index (χ2v) is 7.55. The van der Waals surface area contributed by atoms with E-state index in [-0.39, 0.29) is 0 Å². The molecule has 1 heterocycles. The third kappa shape index (κ3) is 4.46. The Morgan fingerprint density at radius 3 is 2.32 bits per heavy atom. The Morgan fingerprint density at radius 2 is 1.74 bits per heavy atom. The molecule has 0 aromatic rings. The van der Waals surface area contributed by atoms with Crippen molar-refractivity contribution in [2.24, 2.45) is 23.5 Å². The van der Waals surface area contributed by atoms with Gasteiger partial charge in [-0.2, -0.15) is 0 Å². The summed E-state index contributed by atoms with van der Waals surface area (Å²) in [5.41, 5.74) is 6.05. The molecule has 1 aliphatic carbocycles. The number of nitrogens with zero attached hydrogens (tertiary/aromatic N) is 1. The van der Waals surface area contributed by atoms with Crippen LogP contribution in [0.1, 0.15) is 65.7 Å². The Bertz CT molecular complexity index is 254. The van der Waals surface area contributed by atoms with Crippen molar-refractivity contribution >= 4 is 0 Å². The molecule has 0 radical (unpaired) electrons. The zero-order chi connectivity index (χ0) is 13.8. The number of likely N-dealkylation sites (tertiary alicyclic amines) is 1. The first kappa shape index (κ1) is 15.3. The molecule has 2 nitrogen and oxygen atoms in total. The van der Waals surface area contributed by atoms with Gasteiger partial charge in [-0.05, 0) is 69.9 Å². The standard InChI is InChI=1S/C17H34N2/c1-13(2)11-15-5-4-6-17(12-15)19-9-7-16(8-10-19)14(3)18/h13-17H,4-12,18H2,1-3H3. The van der Waals surface area contributed by atoms with E-state index in [1.165, 1.54) is 58.0 Å². The van der Waals surface area contributed by atoms with Crippen LogP contribution in [0.5, 0.6) is 0 Å². The third-order valence-corrected chi connectivity index (χ3v) is 5.39. The summed E-state index contributed by atoms with van der Waals surface area (Å²) < 4.78 is 0. The van der Waals surface area contributed by atoms with Gasteiger partial charge in [-0.1, -0.05) is 26.7 Å². The first-order valence-electron chi connectivity index (χ1n) is 8.56. The highest BCUT2D eigenvalue weighted by molar-refractivity contribution is 4.85. The molecule has 2 N–H and O–H groups in total. The van der Waals surface area contributed by atoms with Crippen LogP contribution in [0.4, 0.5) is 0 Å². The van der Waals surface area contributed by atoms with Gasteiger partial charge >= 0.3 is 0 Å². The van der Waals surface area contributed by atoms with Crippen molar-refractivity contribution in [2.75, 3.05) is 13.1 Å². The van der Waals surface area contributed by atoms with Crippen LogP contribution in [0.2, 0.25) is 0 Å². The molecule has 2 heteroatoms. The van der Waals surface area contributed by atoms with E-state index in [9.17, 15) is 0 Å². The van der Waals surface area contributed by atoms with Crippen LogP contribution in [0, 0.1) is 17.8 Å². The molecule has 2 rings (SSSR count). The molecule has 3 unspecified atom stereocenters. The van der Waals surface area contributed by atoms with E-state index in [0.29, 0.717) is 6.04 Å². The first-order valence-corrected chi connectivity index (χ1v) is 8.56. The lowest BCUT2D eigenvalue weighted by Gasteiger charge is -2.42. The monoisotopic (exact) mass is 266 g/mol. The Morgan fingerprint density at radius 1 is 1.05 bits per heavy atom. The van der Waals surface area contributed by atoms with Crippen LogP contribution in [0.15, 0.2) is 0 Å². The van der Waals surface area contributed by atoms with E-state index in [1.54, 1.807) is 0 Å². The minimum atomic E-state index is 0.391. The van der Waals surface area contributed by atoms with Gasteiger partial charge in [0.05, 0.1) is 0 Å². The van der Waals surface area contributed by atoms with Crippen molar-refractivity contribution in [2.45, 2.75) is 77.8 Å². The van der Waals surface area contributed by atoms with Crippen molar-refractivity contribution in [1.29, 1.82) is 0 Å². The van der Waals surface area contributed by atoms with Gasteiger partial charge in [0.15, 0.2) is 0 Å². The molecule has 1 aliphatic heterocycles. The summed E-state index contributed by atoms with van der Waals surface area (Å²) in [5.74, 6) is 2.63. The summed E-state index contributed by atoms with van der Waals surface area (Å²) in [6, 6.07) is 1.27. The van der Waals surface area contributed by atoms with E-state index >= 15 is 0 Å². The van der Waals surface area contributed by atoms with Crippen molar-refractivity contribution < 1.29 is 0 Å². The van der Waals surface area contributed by atoms with Gasteiger partial charge < -0.3 is 10.6 Å². The van der Waals surface area contributed by atoms with Gasteiger partial charge in [-0.25, -0.2) is 0 Å². The highest BCUT2D eigenvalue weighted by atomic mass is 15.2. The summed E-state index contributed by atoms with van der Waals surface area (Å²) in [5, 5.41) is 0. The molecule has 0 bridgehead atoms. The van der Waals surface area contributed by atoms with E-state index in [0.717, 1.165) is 23.8 Å². The lowest BCUT2D eigenvalue weighted by Crippen LogP contribution is -2.46. The van der Waals surface area contributed by atoms with E-state index in [4.69, 9.17) is 5.73 Å². The van der Waals surface area contributed by atoms with Gasteiger partial charge in [-0.3, -0.25) is 0 Å². The molecule has 3 atom stereocenters. The second kappa shape index (κ2) is 7.08. The highest BCUT2D eigenvalue weighted by Gasteiger charge is 2.30. The predicted octanol–water partition coefficient (Wildman–Crippen LogP) is 3.65. The molecular weight excluding hydrogens is 232 g/mol. The summed E-state index contributed by atoms with van der Waals surface area (Å²) in [7, 11) is 0. The average Bonchev–Trinajstić information content (AvgIpc) is 2.38. The topological polar surface area (TPSA) is 29.3 Å². The Kier molecular flexibility index (Phi) is 5.70. The smallest absolute Gasteiger partial charge is 0.00979 e. The number of rotatable bonds is 4. The molecule has 0 spiro atoms. The summed E-state index contributed by atoms with van der Waals surface area (Å²) in [6.45, 7) is 9.52. The van der Waals surface area contributed by atoms with Crippen LogP contribution in [-0.2, 0) is 0 Å². The minimum Gasteiger partial charge on any atom is -0.328 e. The predicted molar refractivity (Wildman–Crippen MR) is 83.1 cm³/mol. The number of piperidine rings is 1. The molecule has 2 aliphatic rings. The van der Waals surface area contributed by atoms with Gasteiger partial charge in [0.1, 0.15) is 0 Å². The van der Waals surface area contributed by atoms with Crippen molar-refractivity contribution in [3.05, 3.63) is 0 Å². The van der Waals surface area contributed by atoms with Crippen molar-refractivity contribution in [3.63, 3.8) is 0 Å². The van der Waals surface area contributed by atoms with Crippen molar-refractivity contribution in [3.8, 4) is 0 Å².